The molecule has 1 rings (SSSR count). The predicted molar refractivity (Wildman–Crippen MR) is 45.7 cm³/mol. The van der Waals surface area contributed by atoms with Gasteiger partial charge in [-0.1, -0.05) is 0 Å². The summed E-state index contributed by atoms with van der Waals surface area (Å²) in [6.45, 7) is -0.761. The minimum absolute atomic E-state index is 0.212. The van der Waals surface area contributed by atoms with Crippen LogP contribution in [0.25, 0.3) is 0 Å². The van der Waals surface area contributed by atoms with E-state index in [4.69, 9.17) is 5.11 Å². The number of aliphatic hydroxyl groups excluding tert-OH is 1. The van der Waals surface area contributed by atoms with Crippen LogP contribution in [0.5, 0.6) is 11.5 Å². The number of ether oxygens (including phenoxy) is 2. The maximum absolute atomic E-state index is 11.9. The van der Waals surface area contributed by atoms with Crippen molar-refractivity contribution in [2.45, 2.75) is 19.3 Å². The van der Waals surface area contributed by atoms with Crippen molar-refractivity contribution in [3.8, 4) is 11.5 Å². The van der Waals surface area contributed by atoms with Gasteiger partial charge in [-0.05, 0) is 17.7 Å². The normalized spacial score (nSPS) is 12.4. The Bertz CT molecular complexity index is 377. The molecule has 0 amide bonds. The van der Waals surface area contributed by atoms with Crippen LogP contribution in [0.4, 0.5) is 26.3 Å². The molecule has 0 fully saturated rings. The van der Waals surface area contributed by atoms with Gasteiger partial charge < -0.3 is 14.6 Å². The Kier molecular flexibility index (Phi) is 3.95. The topological polar surface area (TPSA) is 38.7 Å². The summed E-state index contributed by atoms with van der Waals surface area (Å²) in [7, 11) is 0. The summed E-state index contributed by atoms with van der Waals surface area (Å²) in [6.07, 6.45) is -10.1. The zero-order valence-electron chi connectivity index (χ0n) is 8.47. The molecule has 1 N–H and O–H groups in total. The number of rotatable bonds is 3. The van der Waals surface area contributed by atoms with E-state index < -0.39 is 30.8 Å². The molecule has 0 aliphatic heterocycles. The second-order valence-corrected chi connectivity index (χ2v) is 3.07. The summed E-state index contributed by atoms with van der Waals surface area (Å²) in [5, 5.41) is 8.71. The zero-order chi connectivity index (χ0) is 14.0. The van der Waals surface area contributed by atoms with E-state index in [2.05, 4.69) is 9.47 Å². The van der Waals surface area contributed by atoms with Crippen LogP contribution in [0.15, 0.2) is 18.2 Å². The van der Waals surface area contributed by atoms with Gasteiger partial charge in [-0.15, -0.1) is 26.3 Å². The van der Waals surface area contributed by atoms with Crippen LogP contribution in [0.1, 0.15) is 5.56 Å². The molecule has 0 saturated carbocycles. The van der Waals surface area contributed by atoms with E-state index >= 15 is 0 Å². The van der Waals surface area contributed by atoms with Crippen molar-refractivity contribution < 1.29 is 40.9 Å². The number of hydrogen-bond acceptors (Lipinski definition) is 3. The first-order valence-corrected chi connectivity index (χ1v) is 4.35. The van der Waals surface area contributed by atoms with Crippen molar-refractivity contribution >= 4 is 0 Å². The van der Waals surface area contributed by atoms with Crippen molar-refractivity contribution in [1.29, 1.82) is 0 Å². The molecule has 0 heterocycles. The third-order valence-corrected chi connectivity index (χ3v) is 1.59. The van der Waals surface area contributed by atoms with Crippen molar-refractivity contribution in [2.24, 2.45) is 0 Å². The summed E-state index contributed by atoms with van der Waals surface area (Å²) < 4.78 is 78.3. The molecule has 9 heteroatoms. The third kappa shape index (κ3) is 5.13. The Morgan fingerprint density at radius 1 is 0.833 bits per heavy atom. The summed E-state index contributed by atoms with van der Waals surface area (Å²) in [5.41, 5.74) is -0.212. The Balaban J connectivity index is 3.02. The van der Waals surface area contributed by atoms with Gasteiger partial charge in [0.2, 0.25) is 0 Å². The molecule has 0 unspecified atom stereocenters. The van der Waals surface area contributed by atoms with Crippen molar-refractivity contribution in [2.75, 3.05) is 0 Å². The Hall–Kier alpha value is -1.64. The summed E-state index contributed by atoms with van der Waals surface area (Å²) in [6, 6.07) is 1.91. The molecule has 1 aromatic carbocycles. The molecular weight excluding hydrogens is 270 g/mol. The summed E-state index contributed by atoms with van der Waals surface area (Å²) >= 11 is 0. The first kappa shape index (κ1) is 14.4. The highest BCUT2D eigenvalue weighted by Crippen LogP contribution is 2.31. The highest BCUT2D eigenvalue weighted by molar-refractivity contribution is 5.38. The van der Waals surface area contributed by atoms with Crippen molar-refractivity contribution in [1.82, 2.24) is 0 Å². The minimum Gasteiger partial charge on any atom is -0.406 e. The van der Waals surface area contributed by atoms with E-state index in [1.165, 1.54) is 0 Å². The number of hydrogen-bond donors (Lipinski definition) is 1. The fraction of sp³-hybridized carbons (Fsp3) is 0.333. The monoisotopic (exact) mass is 276 g/mol. The lowest BCUT2D eigenvalue weighted by Crippen LogP contribution is -2.19. The molecule has 0 aliphatic rings. The van der Waals surface area contributed by atoms with Gasteiger partial charge in [0.25, 0.3) is 0 Å². The lowest BCUT2D eigenvalue weighted by atomic mass is 10.2. The van der Waals surface area contributed by atoms with Gasteiger partial charge in [-0.3, -0.25) is 0 Å². The Labute approximate surface area is 96.5 Å². The van der Waals surface area contributed by atoms with Crippen molar-refractivity contribution in [3.05, 3.63) is 23.8 Å². The van der Waals surface area contributed by atoms with Crippen LogP contribution in [0.2, 0.25) is 0 Å². The second kappa shape index (κ2) is 4.92. The van der Waals surface area contributed by atoms with Crippen LogP contribution >= 0.6 is 0 Å². The van der Waals surface area contributed by atoms with Gasteiger partial charge in [-0.25, -0.2) is 0 Å². The third-order valence-electron chi connectivity index (χ3n) is 1.59. The summed E-state index contributed by atoms with van der Waals surface area (Å²) in [4.78, 5) is 0. The molecule has 18 heavy (non-hydrogen) atoms. The maximum Gasteiger partial charge on any atom is 0.573 e. The molecule has 0 atom stereocenters. The highest BCUT2D eigenvalue weighted by Gasteiger charge is 2.33. The van der Waals surface area contributed by atoms with E-state index in [-0.39, 0.29) is 5.56 Å². The van der Waals surface area contributed by atoms with Gasteiger partial charge in [0.1, 0.15) is 11.5 Å². The molecule has 0 spiro atoms. The standard InChI is InChI=1S/C9H6F6O3/c10-8(11,12)17-6-1-5(4-16)2-7(3-6)18-9(13,14)15/h1-3,16H,4H2. The van der Waals surface area contributed by atoms with Gasteiger partial charge in [0.15, 0.2) is 0 Å². The average Bonchev–Trinajstić information content (AvgIpc) is 2.11. The molecule has 3 nitrogen and oxygen atoms in total. The molecule has 0 aromatic heterocycles. The van der Waals surface area contributed by atoms with E-state index in [0.29, 0.717) is 6.07 Å². The Morgan fingerprint density at radius 3 is 1.50 bits per heavy atom. The van der Waals surface area contributed by atoms with Gasteiger partial charge >= 0.3 is 12.7 Å². The van der Waals surface area contributed by atoms with Gasteiger partial charge in [0.05, 0.1) is 6.61 Å². The molecule has 0 radical (unpaired) electrons. The van der Waals surface area contributed by atoms with Gasteiger partial charge in [-0.2, -0.15) is 0 Å². The molecule has 0 aliphatic carbocycles. The quantitative estimate of drug-likeness (QED) is 0.862. The van der Waals surface area contributed by atoms with E-state index in [0.717, 1.165) is 12.1 Å². The van der Waals surface area contributed by atoms with E-state index in [9.17, 15) is 26.3 Å². The SMILES string of the molecule is OCc1cc(OC(F)(F)F)cc(OC(F)(F)F)c1. The fourth-order valence-corrected chi connectivity index (χ4v) is 1.11. The van der Waals surface area contributed by atoms with Crippen LogP contribution in [-0.2, 0) is 6.61 Å². The smallest absolute Gasteiger partial charge is 0.406 e. The predicted octanol–water partition coefficient (Wildman–Crippen LogP) is 2.98. The van der Waals surface area contributed by atoms with Crippen molar-refractivity contribution in [3.63, 3.8) is 0 Å². The molecule has 0 saturated heterocycles. The van der Waals surface area contributed by atoms with Crippen LogP contribution in [0.3, 0.4) is 0 Å². The highest BCUT2D eigenvalue weighted by atomic mass is 19.4. The molecule has 102 valence electrons. The lowest BCUT2D eigenvalue weighted by molar-refractivity contribution is -0.276. The lowest BCUT2D eigenvalue weighted by Gasteiger charge is -2.13. The van der Waals surface area contributed by atoms with Gasteiger partial charge in [0, 0.05) is 6.07 Å². The fourth-order valence-electron chi connectivity index (χ4n) is 1.11. The molecule has 0 bridgehead atoms. The maximum atomic E-state index is 11.9. The molecule has 1 aromatic rings. The largest absolute Gasteiger partial charge is 0.573 e. The Morgan fingerprint density at radius 2 is 1.22 bits per heavy atom. The number of benzene rings is 1. The number of aliphatic hydroxyl groups is 1. The first-order valence-electron chi connectivity index (χ1n) is 4.35. The summed E-state index contributed by atoms with van der Waals surface area (Å²) in [5.74, 6) is -1.82. The zero-order valence-corrected chi connectivity index (χ0v) is 8.47. The minimum atomic E-state index is -5.05. The van der Waals surface area contributed by atoms with E-state index in [1.54, 1.807) is 0 Å². The van der Waals surface area contributed by atoms with E-state index in [1.807, 2.05) is 0 Å². The number of alkyl halides is 6. The number of halogens is 6. The van der Waals surface area contributed by atoms with Crippen LogP contribution in [0, 0.1) is 0 Å². The van der Waals surface area contributed by atoms with Crippen LogP contribution in [-0.4, -0.2) is 17.8 Å². The first-order chi connectivity index (χ1) is 8.09. The average molecular weight is 276 g/mol. The molecular formula is C9H6F6O3. The second-order valence-electron chi connectivity index (χ2n) is 3.07. The van der Waals surface area contributed by atoms with Crippen LogP contribution < -0.4 is 9.47 Å².